The first-order valence-corrected chi connectivity index (χ1v) is 12.2. The van der Waals surface area contributed by atoms with E-state index < -0.39 is 34.6 Å². The molecule has 2 aromatic carbocycles. The zero-order chi connectivity index (χ0) is 25.3. The van der Waals surface area contributed by atoms with Gasteiger partial charge in [-0.25, -0.2) is 18.0 Å². The number of hydrogen-bond acceptors (Lipinski definition) is 7. The van der Waals surface area contributed by atoms with E-state index in [2.05, 4.69) is 10.6 Å². The third-order valence-electron chi connectivity index (χ3n) is 4.75. The number of carbonyl (C=O) groups excluding carboxylic acids is 3. The van der Waals surface area contributed by atoms with E-state index in [0.717, 1.165) is 0 Å². The molecule has 0 saturated heterocycles. The van der Waals surface area contributed by atoms with Crippen molar-refractivity contribution in [3.63, 3.8) is 0 Å². The van der Waals surface area contributed by atoms with Gasteiger partial charge in [0.05, 0.1) is 17.1 Å². The summed E-state index contributed by atoms with van der Waals surface area (Å²) in [6.45, 7) is 7.10. The second-order valence-electron chi connectivity index (χ2n) is 7.12. The maximum atomic E-state index is 12.9. The summed E-state index contributed by atoms with van der Waals surface area (Å²) < 4.78 is 36.9. The normalized spacial score (nSPS) is 11.1. The van der Waals surface area contributed by atoms with Crippen LogP contribution in [0.3, 0.4) is 0 Å². The first kappa shape index (κ1) is 26.8. The van der Waals surface area contributed by atoms with Crippen LogP contribution in [0.5, 0.6) is 0 Å². The van der Waals surface area contributed by atoms with Gasteiger partial charge in [-0.05, 0) is 49.7 Å². The van der Waals surface area contributed by atoms with Gasteiger partial charge in [0.1, 0.15) is 0 Å². The molecule has 10 nitrogen and oxygen atoms in total. The number of nitrogens with one attached hydrogen (secondary N) is 2. The lowest BCUT2D eigenvalue weighted by atomic mass is 10.2. The molecule has 11 heteroatoms. The first-order valence-electron chi connectivity index (χ1n) is 10.7. The van der Waals surface area contributed by atoms with Gasteiger partial charge in [-0.15, -0.1) is 0 Å². The number of hydrogen-bond donors (Lipinski definition) is 2. The Morgan fingerprint density at radius 1 is 0.912 bits per heavy atom. The van der Waals surface area contributed by atoms with Crippen LogP contribution in [0, 0.1) is 6.92 Å². The van der Waals surface area contributed by atoms with Crippen molar-refractivity contribution in [2.24, 2.45) is 0 Å². The summed E-state index contributed by atoms with van der Waals surface area (Å²) in [4.78, 5) is 36.2. The van der Waals surface area contributed by atoms with Gasteiger partial charge >= 0.3 is 12.1 Å². The predicted octanol–water partition coefficient (Wildman–Crippen LogP) is 3.39. The van der Waals surface area contributed by atoms with Crippen LogP contribution in [-0.2, 0) is 24.3 Å². The third-order valence-corrected chi connectivity index (χ3v) is 6.94. The number of benzene rings is 2. The lowest BCUT2D eigenvalue weighted by Gasteiger charge is -2.20. The van der Waals surface area contributed by atoms with Crippen LogP contribution < -0.4 is 10.6 Å². The van der Waals surface area contributed by atoms with E-state index in [-0.39, 0.29) is 22.8 Å². The standard InChI is InChI=1S/C23H29N3O7S/c1-5-26(6-2)34(30,31)20-14-19(12-11-16(20)4)24-21(27)15-33-22(28)17-9-8-10-18(13-17)25-23(29)32-7-3/h8-14H,5-7,15H2,1-4H3,(H,24,27)(H,25,29). The highest BCUT2D eigenvalue weighted by Crippen LogP contribution is 2.23. The number of sulfonamides is 1. The van der Waals surface area contributed by atoms with E-state index >= 15 is 0 Å². The molecule has 0 aliphatic carbocycles. The van der Waals surface area contributed by atoms with Crippen molar-refractivity contribution in [1.29, 1.82) is 0 Å². The molecule has 0 fully saturated rings. The monoisotopic (exact) mass is 491 g/mol. The van der Waals surface area contributed by atoms with E-state index in [4.69, 9.17) is 9.47 Å². The van der Waals surface area contributed by atoms with Crippen LogP contribution in [0.25, 0.3) is 0 Å². The Kier molecular flexibility index (Phi) is 9.58. The summed E-state index contributed by atoms with van der Waals surface area (Å²) >= 11 is 0. The molecule has 0 heterocycles. The zero-order valence-corrected chi connectivity index (χ0v) is 20.4. The maximum absolute atomic E-state index is 12.9. The zero-order valence-electron chi connectivity index (χ0n) is 19.6. The number of rotatable bonds is 10. The number of aryl methyl sites for hydroxylation is 1. The second-order valence-corrected chi connectivity index (χ2v) is 9.03. The molecule has 184 valence electrons. The Balaban J connectivity index is 2.03. The molecular weight excluding hydrogens is 462 g/mol. The fraction of sp³-hybridized carbons (Fsp3) is 0.348. The minimum absolute atomic E-state index is 0.0944. The average Bonchev–Trinajstić information content (AvgIpc) is 2.79. The Morgan fingerprint density at radius 2 is 1.59 bits per heavy atom. The third kappa shape index (κ3) is 7.03. The fourth-order valence-corrected chi connectivity index (χ4v) is 4.79. The molecule has 2 amide bonds. The van der Waals surface area contributed by atoms with Crippen molar-refractivity contribution in [2.75, 3.05) is 36.9 Å². The lowest BCUT2D eigenvalue weighted by molar-refractivity contribution is -0.119. The van der Waals surface area contributed by atoms with Crippen molar-refractivity contribution in [3.8, 4) is 0 Å². The quantitative estimate of drug-likeness (QED) is 0.487. The van der Waals surface area contributed by atoms with Crippen LogP contribution in [-0.4, -0.2) is 57.0 Å². The Labute approximate surface area is 199 Å². The molecule has 0 aromatic heterocycles. The van der Waals surface area contributed by atoms with Crippen molar-refractivity contribution in [1.82, 2.24) is 4.31 Å². The summed E-state index contributed by atoms with van der Waals surface area (Å²) in [5, 5.41) is 5.02. The van der Waals surface area contributed by atoms with Crippen LogP contribution in [0.15, 0.2) is 47.4 Å². The highest BCUT2D eigenvalue weighted by Gasteiger charge is 2.24. The Hall–Kier alpha value is -3.44. The first-order chi connectivity index (χ1) is 16.1. The molecule has 0 radical (unpaired) electrons. The van der Waals surface area contributed by atoms with Gasteiger partial charge in [-0.2, -0.15) is 4.31 Å². The number of anilines is 2. The summed E-state index contributed by atoms with van der Waals surface area (Å²) in [6, 6.07) is 10.5. The molecule has 0 bridgehead atoms. The number of carbonyl (C=O) groups is 3. The van der Waals surface area contributed by atoms with Crippen LogP contribution in [0.4, 0.5) is 16.2 Å². The van der Waals surface area contributed by atoms with E-state index in [1.54, 1.807) is 52.0 Å². The largest absolute Gasteiger partial charge is 0.452 e. The average molecular weight is 492 g/mol. The van der Waals surface area contributed by atoms with Crippen LogP contribution >= 0.6 is 0 Å². The molecule has 0 aliphatic rings. The molecule has 0 aliphatic heterocycles. The van der Waals surface area contributed by atoms with E-state index in [9.17, 15) is 22.8 Å². The molecule has 2 rings (SSSR count). The van der Waals surface area contributed by atoms with Gasteiger partial charge in [0.2, 0.25) is 10.0 Å². The topological polar surface area (TPSA) is 131 Å². The van der Waals surface area contributed by atoms with Crippen LogP contribution in [0.2, 0.25) is 0 Å². The minimum Gasteiger partial charge on any atom is -0.452 e. The Bertz CT molecular complexity index is 1150. The number of nitrogens with zero attached hydrogens (tertiary/aromatic N) is 1. The Morgan fingerprint density at radius 3 is 2.24 bits per heavy atom. The lowest BCUT2D eigenvalue weighted by Crippen LogP contribution is -2.31. The fourth-order valence-electron chi connectivity index (χ4n) is 3.08. The summed E-state index contributed by atoms with van der Waals surface area (Å²) in [5.41, 5.74) is 1.27. The molecule has 2 aromatic rings. The van der Waals surface area contributed by atoms with Gasteiger partial charge in [0.15, 0.2) is 6.61 Å². The van der Waals surface area contributed by atoms with E-state index in [1.165, 1.54) is 22.5 Å². The SMILES string of the molecule is CCOC(=O)Nc1cccc(C(=O)OCC(=O)Nc2ccc(C)c(S(=O)(=O)N(CC)CC)c2)c1. The van der Waals surface area contributed by atoms with Gasteiger partial charge in [0, 0.05) is 24.5 Å². The number of esters is 1. The molecule has 2 N–H and O–H groups in total. The highest BCUT2D eigenvalue weighted by molar-refractivity contribution is 7.89. The predicted molar refractivity (Wildman–Crippen MR) is 127 cm³/mol. The molecule has 0 atom stereocenters. The van der Waals surface area contributed by atoms with Crippen molar-refractivity contribution < 1.29 is 32.3 Å². The van der Waals surface area contributed by atoms with Crippen molar-refractivity contribution >= 4 is 39.4 Å². The minimum atomic E-state index is -3.71. The number of amides is 2. The van der Waals surface area contributed by atoms with E-state index in [1.807, 2.05) is 0 Å². The molecule has 0 unspecified atom stereocenters. The van der Waals surface area contributed by atoms with Gasteiger partial charge in [-0.1, -0.05) is 26.0 Å². The van der Waals surface area contributed by atoms with E-state index in [0.29, 0.717) is 24.3 Å². The summed E-state index contributed by atoms with van der Waals surface area (Å²) in [7, 11) is -3.71. The second kappa shape index (κ2) is 12.1. The maximum Gasteiger partial charge on any atom is 0.411 e. The van der Waals surface area contributed by atoms with Crippen LogP contribution in [0.1, 0.15) is 36.7 Å². The number of ether oxygens (including phenoxy) is 2. The van der Waals surface area contributed by atoms with Gasteiger partial charge in [-0.3, -0.25) is 10.1 Å². The molecule has 0 saturated carbocycles. The molecule has 34 heavy (non-hydrogen) atoms. The van der Waals surface area contributed by atoms with Crippen molar-refractivity contribution in [2.45, 2.75) is 32.6 Å². The van der Waals surface area contributed by atoms with Gasteiger partial charge < -0.3 is 14.8 Å². The molecule has 0 spiro atoms. The smallest absolute Gasteiger partial charge is 0.411 e. The summed E-state index contributed by atoms with van der Waals surface area (Å²) in [5.74, 6) is -1.40. The molecular formula is C23H29N3O7S. The van der Waals surface area contributed by atoms with Gasteiger partial charge in [0.25, 0.3) is 5.91 Å². The summed E-state index contributed by atoms with van der Waals surface area (Å²) in [6.07, 6.45) is -0.659. The highest BCUT2D eigenvalue weighted by atomic mass is 32.2. The van der Waals surface area contributed by atoms with Crippen molar-refractivity contribution in [3.05, 3.63) is 53.6 Å².